The number of benzene rings is 2. The monoisotopic (exact) mass is 434 g/mol. The van der Waals surface area contributed by atoms with Crippen molar-refractivity contribution in [1.82, 2.24) is 0 Å². The fraction of sp³-hybridized carbons (Fsp3) is 0.429. The Morgan fingerprint density at radius 1 is 0.867 bits per heavy atom. The quantitative estimate of drug-likeness (QED) is 0.662. The van der Waals surface area contributed by atoms with E-state index in [1.807, 2.05) is 18.2 Å². The van der Waals surface area contributed by atoms with Gasteiger partial charge < -0.3 is 23.5 Å². The Balaban J connectivity index is 1.48. The number of ether oxygens (including phenoxy) is 4. The van der Waals surface area contributed by atoms with Gasteiger partial charge in [-0.3, -0.25) is 9.05 Å². The Hall–Kier alpha value is -1.93. The molecule has 8 nitrogen and oxygen atoms in total. The highest BCUT2D eigenvalue weighted by Gasteiger charge is 2.63. The maximum atomic E-state index is 13.6. The molecule has 0 amide bonds. The summed E-state index contributed by atoms with van der Waals surface area (Å²) in [6.07, 6.45) is -3.17. The Morgan fingerprint density at radius 3 is 2.30 bits per heavy atom. The fourth-order valence-corrected chi connectivity index (χ4v) is 5.51. The van der Waals surface area contributed by atoms with Crippen LogP contribution in [0.4, 0.5) is 0 Å². The minimum absolute atomic E-state index is 0.382. The van der Waals surface area contributed by atoms with E-state index < -0.39 is 44.3 Å². The smallest absolute Gasteiger partial charge is 0.497 e. The minimum Gasteiger partial charge on any atom is -0.497 e. The second-order valence-electron chi connectivity index (χ2n) is 7.79. The number of phosphoric ester groups is 1. The molecular formula is C21H23O8P. The van der Waals surface area contributed by atoms with Crippen molar-refractivity contribution < 1.29 is 37.1 Å². The third-order valence-corrected chi connectivity index (χ3v) is 6.64. The SMILES string of the molecule is COc1ccc([C@@H]2OP(=O)(Oc3ccccc3)O[C@H]3[C@H]2O[C@@H]2OC(C)(C)O[C@@H]23)cc1. The van der Waals surface area contributed by atoms with Crippen LogP contribution in [-0.4, -0.2) is 37.5 Å². The van der Waals surface area contributed by atoms with Gasteiger partial charge in [0.2, 0.25) is 0 Å². The summed E-state index contributed by atoms with van der Waals surface area (Å²) in [5.74, 6) is 0.248. The van der Waals surface area contributed by atoms with Crippen LogP contribution in [-0.2, 0) is 27.8 Å². The highest BCUT2D eigenvalue weighted by molar-refractivity contribution is 7.49. The van der Waals surface area contributed by atoms with Crippen molar-refractivity contribution in [1.29, 1.82) is 0 Å². The molecule has 0 bridgehead atoms. The van der Waals surface area contributed by atoms with Crippen molar-refractivity contribution in [2.24, 2.45) is 0 Å². The van der Waals surface area contributed by atoms with Crippen LogP contribution >= 0.6 is 7.82 Å². The highest BCUT2D eigenvalue weighted by Crippen LogP contribution is 2.62. The Morgan fingerprint density at radius 2 is 1.60 bits per heavy atom. The Kier molecular flexibility index (Phi) is 4.89. The normalized spacial score (nSPS) is 36.7. The summed E-state index contributed by atoms with van der Waals surface area (Å²) < 4.78 is 54.1. The molecule has 0 spiro atoms. The van der Waals surface area contributed by atoms with Gasteiger partial charge in [0.1, 0.15) is 35.9 Å². The maximum absolute atomic E-state index is 13.6. The molecule has 9 heteroatoms. The lowest BCUT2D eigenvalue weighted by Gasteiger charge is -2.38. The van der Waals surface area contributed by atoms with Gasteiger partial charge in [0, 0.05) is 0 Å². The van der Waals surface area contributed by atoms with Crippen LogP contribution in [0.15, 0.2) is 54.6 Å². The molecule has 3 aliphatic rings. The number of fused-ring (bicyclic) bond motifs is 3. The summed E-state index contributed by atoms with van der Waals surface area (Å²) in [5, 5.41) is 0. The zero-order chi connectivity index (χ0) is 20.9. The van der Waals surface area contributed by atoms with Gasteiger partial charge in [0.25, 0.3) is 0 Å². The molecule has 3 fully saturated rings. The first-order chi connectivity index (χ1) is 14.4. The third kappa shape index (κ3) is 3.64. The van der Waals surface area contributed by atoms with Gasteiger partial charge in [-0.05, 0) is 43.7 Å². The molecule has 0 saturated carbocycles. The van der Waals surface area contributed by atoms with E-state index in [0.717, 1.165) is 5.56 Å². The number of methoxy groups -OCH3 is 1. The summed E-state index contributed by atoms with van der Waals surface area (Å²) in [6, 6.07) is 16.0. The van der Waals surface area contributed by atoms with Crippen molar-refractivity contribution in [2.45, 2.75) is 50.3 Å². The van der Waals surface area contributed by atoms with Crippen LogP contribution in [0, 0.1) is 0 Å². The highest BCUT2D eigenvalue weighted by atomic mass is 31.2. The van der Waals surface area contributed by atoms with Gasteiger partial charge in [0.05, 0.1) is 7.11 Å². The molecule has 0 N–H and O–H groups in total. The van der Waals surface area contributed by atoms with Crippen molar-refractivity contribution in [2.75, 3.05) is 7.11 Å². The Bertz CT molecular complexity index is 947. The molecule has 0 aliphatic carbocycles. The summed E-state index contributed by atoms with van der Waals surface area (Å²) in [7, 11) is -2.39. The van der Waals surface area contributed by atoms with E-state index >= 15 is 0 Å². The molecule has 5 rings (SSSR count). The fourth-order valence-electron chi connectivity index (χ4n) is 3.94. The molecule has 6 atom stereocenters. The zero-order valence-corrected chi connectivity index (χ0v) is 17.7. The van der Waals surface area contributed by atoms with Gasteiger partial charge in [-0.15, -0.1) is 0 Å². The molecule has 3 saturated heterocycles. The first-order valence-electron chi connectivity index (χ1n) is 9.72. The van der Waals surface area contributed by atoms with Crippen molar-refractivity contribution in [3.8, 4) is 11.5 Å². The second kappa shape index (κ2) is 7.34. The van der Waals surface area contributed by atoms with Gasteiger partial charge >= 0.3 is 7.82 Å². The van der Waals surface area contributed by atoms with Gasteiger partial charge in [-0.2, -0.15) is 0 Å². The van der Waals surface area contributed by atoms with Crippen LogP contribution in [0.2, 0.25) is 0 Å². The van der Waals surface area contributed by atoms with E-state index in [-0.39, 0.29) is 0 Å². The number of hydrogen-bond acceptors (Lipinski definition) is 8. The van der Waals surface area contributed by atoms with Crippen molar-refractivity contribution in [3.63, 3.8) is 0 Å². The van der Waals surface area contributed by atoms with Crippen LogP contribution in [0.5, 0.6) is 11.5 Å². The van der Waals surface area contributed by atoms with E-state index in [1.165, 1.54) is 0 Å². The van der Waals surface area contributed by atoms with Gasteiger partial charge in [0.15, 0.2) is 12.1 Å². The minimum atomic E-state index is -3.98. The van der Waals surface area contributed by atoms with E-state index in [0.29, 0.717) is 11.5 Å². The molecule has 2 aromatic carbocycles. The van der Waals surface area contributed by atoms with E-state index in [9.17, 15) is 4.57 Å². The number of para-hydroxylation sites is 1. The molecule has 30 heavy (non-hydrogen) atoms. The molecule has 0 aromatic heterocycles. The van der Waals surface area contributed by atoms with Gasteiger partial charge in [-0.25, -0.2) is 4.57 Å². The van der Waals surface area contributed by atoms with Crippen molar-refractivity contribution in [3.05, 3.63) is 60.2 Å². The summed E-state index contributed by atoms with van der Waals surface area (Å²) in [6.45, 7) is 3.59. The van der Waals surface area contributed by atoms with E-state index in [2.05, 4.69) is 0 Å². The molecule has 3 aliphatic heterocycles. The average Bonchev–Trinajstić information content (AvgIpc) is 3.20. The van der Waals surface area contributed by atoms with Crippen LogP contribution in [0.1, 0.15) is 25.5 Å². The lowest BCUT2D eigenvalue weighted by atomic mass is 9.99. The predicted octanol–water partition coefficient (Wildman–Crippen LogP) is 4.22. The van der Waals surface area contributed by atoms with Crippen LogP contribution in [0.3, 0.4) is 0 Å². The lowest BCUT2D eigenvalue weighted by molar-refractivity contribution is -0.231. The molecule has 1 unspecified atom stereocenters. The summed E-state index contributed by atoms with van der Waals surface area (Å²) in [4.78, 5) is 0. The van der Waals surface area contributed by atoms with Crippen LogP contribution < -0.4 is 9.26 Å². The molecule has 3 heterocycles. The summed E-state index contributed by atoms with van der Waals surface area (Å²) in [5.41, 5.74) is 0.755. The summed E-state index contributed by atoms with van der Waals surface area (Å²) >= 11 is 0. The first kappa shape index (κ1) is 20.0. The van der Waals surface area contributed by atoms with Gasteiger partial charge in [-0.1, -0.05) is 30.3 Å². The molecule has 160 valence electrons. The molecular weight excluding hydrogens is 411 g/mol. The van der Waals surface area contributed by atoms with Crippen LogP contribution in [0.25, 0.3) is 0 Å². The standard InChI is InChI=1S/C21H23O8P/c1-21(2)25-19-18-17(24-20(19)26-21)16(13-9-11-14(23-3)12-10-13)28-30(22,29-18)27-15-7-5-4-6-8-15/h4-12,16-20H,1-3H3/t16-,17-,18-,19+,20+,30?/m0/s1. The third-order valence-electron chi connectivity index (χ3n) is 5.22. The Labute approximate surface area is 174 Å². The van der Waals surface area contributed by atoms with E-state index in [4.69, 9.17) is 32.5 Å². The maximum Gasteiger partial charge on any atom is 0.531 e. The number of hydrogen-bond donors (Lipinski definition) is 0. The predicted molar refractivity (Wildman–Crippen MR) is 105 cm³/mol. The topological polar surface area (TPSA) is 81.7 Å². The number of rotatable bonds is 4. The van der Waals surface area contributed by atoms with Crippen molar-refractivity contribution >= 4 is 7.82 Å². The second-order valence-corrected chi connectivity index (χ2v) is 9.29. The molecule has 2 aromatic rings. The first-order valence-corrected chi connectivity index (χ1v) is 11.2. The average molecular weight is 434 g/mol. The largest absolute Gasteiger partial charge is 0.531 e. The number of phosphoric acid groups is 1. The van der Waals surface area contributed by atoms with E-state index in [1.54, 1.807) is 57.4 Å². The lowest BCUT2D eigenvalue weighted by Crippen LogP contribution is -2.43. The molecule has 0 radical (unpaired) electrons. The zero-order valence-electron chi connectivity index (χ0n) is 16.8.